The first-order chi connectivity index (χ1) is 8.42. The molecule has 0 amide bonds. The SMILES string of the molecule is C1COC(c2nc3c(c(C4CC4)n2)CNC3)C1. The molecule has 1 saturated heterocycles. The molecule has 1 aromatic heterocycles. The molecule has 0 bridgehead atoms. The molecule has 17 heavy (non-hydrogen) atoms. The topological polar surface area (TPSA) is 47.0 Å². The van der Waals surface area contributed by atoms with Crippen molar-refractivity contribution in [2.45, 2.75) is 50.8 Å². The molecule has 1 N–H and O–H groups in total. The molecule has 3 aliphatic rings. The third kappa shape index (κ3) is 1.67. The molecule has 2 aliphatic heterocycles. The monoisotopic (exact) mass is 231 g/mol. The second-order valence-electron chi connectivity index (χ2n) is 5.27. The van der Waals surface area contributed by atoms with Gasteiger partial charge in [0, 0.05) is 31.2 Å². The molecule has 0 aromatic carbocycles. The van der Waals surface area contributed by atoms with Crippen LogP contribution in [0.5, 0.6) is 0 Å². The molecule has 90 valence electrons. The third-order valence-electron chi connectivity index (χ3n) is 3.92. The highest BCUT2D eigenvalue weighted by Gasteiger charge is 2.33. The van der Waals surface area contributed by atoms with Crippen molar-refractivity contribution in [2.24, 2.45) is 0 Å². The minimum atomic E-state index is 0.151. The number of fused-ring (bicyclic) bond motifs is 1. The lowest BCUT2D eigenvalue weighted by atomic mass is 10.1. The third-order valence-corrected chi connectivity index (χ3v) is 3.92. The number of aromatic nitrogens is 2. The van der Waals surface area contributed by atoms with Crippen LogP contribution in [0.15, 0.2) is 0 Å². The minimum Gasteiger partial charge on any atom is -0.370 e. The van der Waals surface area contributed by atoms with Crippen LogP contribution < -0.4 is 5.32 Å². The Hall–Kier alpha value is -1.00. The predicted octanol–water partition coefficient (Wildman–Crippen LogP) is 1.81. The van der Waals surface area contributed by atoms with Gasteiger partial charge in [0.25, 0.3) is 0 Å². The smallest absolute Gasteiger partial charge is 0.157 e. The Labute approximate surface area is 101 Å². The van der Waals surface area contributed by atoms with E-state index in [1.54, 1.807) is 0 Å². The Morgan fingerprint density at radius 1 is 1.12 bits per heavy atom. The maximum atomic E-state index is 5.71. The van der Waals surface area contributed by atoms with Gasteiger partial charge in [0.05, 0.1) is 11.4 Å². The van der Waals surface area contributed by atoms with Crippen LogP contribution in [-0.4, -0.2) is 16.6 Å². The summed E-state index contributed by atoms with van der Waals surface area (Å²) >= 11 is 0. The number of hydrogen-bond acceptors (Lipinski definition) is 4. The van der Waals surface area contributed by atoms with E-state index in [0.29, 0.717) is 5.92 Å². The van der Waals surface area contributed by atoms with Gasteiger partial charge >= 0.3 is 0 Å². The van der Waals surface area contributed by atoms with E-state index in [1.807, 2.05) is 0 Å². The van der Waals surface area contributed by atoms with Crippen molar-refractivity contribution in [3.8, 4) is 0 Å². The molecule has 4 nitrogen and oxygen atoms in total. The maximum Gasteiger partial charge on any atom is 0.157 e. The van der Waals surface area contributed by atoms with Crippen LogP contribution in [-0.2, 0) is 17.8 Å². The summed E-state index contributed by atoms with van der Waals surface area (Å²) in [5.74, 6) is 1.64. The zero-order valence-corrected chi connectivity index (χ0v) is 9.91. The zero-order valence-electron chi connectivity index (χ0n) is 9.91. The van der Waals surface area contributed by atoms with Gasteiger partial charge in [-0.2, -0.15) is 0 Å². The Kier molecular flexibility index (Phi) is 2.20. The van der Waals surface area contributed by atoms with Crippen molar-refractivity contribution in [1.82, 2.24) is 15.3 Å². The Morgan fingerprint density at radius 2 is 2.06 bits per heavy atom. The van der Waals surface area contributed by atoms with Gasteiger partial charge in [0.1, 0.15) is 6.10 Å². The van der Waals surface area contributed by atoms with E-state index in [0.717, 1.165) is 38.4 Å². The van der Waals surface area contributed by atoms with E-state index in [-0.39, 0.29) is 6.10 Å². The van der Waals surface area contributed by atoms with Gasteiger partial charge in [-0.1, -0.05) is 0 Å². The predicted molar refractivity (Wildman–Crippen MR) is 62.5 cm³/mol. The summed E-state index contributed by atoms with van der Waals surface area (Å²) in [4.78, 5) is 9.52. The number of ether oxygens (including phenoxy) is 1. The molecular formula is C13H17N3O. The summed E-state index contributed by atoms with van der Waals surface area (Å²) in [6, 6.07) is 0. The molecule has 1 saturated carbocycles. The van der Waals surface area contributed by atoms with Gasteiger partial charge in [0.2, 0.25) is 0 Å². The quantitative estimate of drug-likeness (QED) is 0.843. The highest BCUT2D eigenvalue weighted by atomic mass is 16.5. The highest BCUT2D eigenvalue weighted by Crippen LogP contribution is 2.42. The van der Waals surface area contributed by atoms with Gasteiger partial charge < -0.3 is 10.1 Å². The van der Waals surface area contributed by atoms with Gasteiger partial charge in [-0.3, -0.25) is 0 Å². The van der Waals surface area contributed by atoms with Crippen LogP contribution in [0.1, 0.15) is 60.5 Å². The summed E-state index contributed by atoms with van der Waals surface area (Å²) in [6.07, 6.45) is 4.97. The van der Waals surface area contributed by atoms with E-state index in [1.165, 1.54) is 29.8 Å². The lowest BCUT2D eigenvalue weighted by molar-refractivity contribution is 0.104. The second-order valence-corrected chi connectivity index (χ2v) is 5.27. The fourth-order valence-electron chi connectivity index (χ4n) is 2.83. The fourth-order valence-corrected chi connectivity index (χ4v) is 2.83. The maximum absolute atomic E-state index is 5.71. The Bertz CT molecular complexity index is 450. The van der Waals surface area contributed by atoms with Crippen molar-refractivity contribution < 1.29 is 4.74 Å². The Balaban J connectivity index is 1.77. The standard InChI is InChI=1S/C13H17N3O/c1-2-11(17-5-1)13-15-10-7-14-6-9(10)12(16-13)8-3-4-8/h8,11,14H,1-7H2. The van der Waals surface area contributed by atoms with E-state index >= 15 is 0 Å². The summed E-state index contributed by atoms with van der Waals surface area (Å²) in [5.41, 5.74) is 3.90. The van der Waals surface area contributed by atoms with Gasteiger partial charge in [0.15, 0.2) is 5.82 Å². The molecule has 0 radical (unpaired) electrons. The molecular weight excluding hydrogens is 214 g/mol. The summed E-state index contributed by atoms with van der Waals surface area (Å²) in [7, 11) is 0. The average molecular weight is 231 g/mol. The van der Waals surface area contributed by atoms with Crippen LogP contribution in [0.2, 0.25) is 0 Å². The summed E-state index contributed by atoms with van der Waals surface area (Å²) in [5, 5.41) is 3.39. The number of nitrogens with one attached hydrogen (secondary N) is 1. The van der Waals surface area contributed by atoms with Crippen molar-refractivity contribution in [3.05, 3.63) is 22.8 Å². The first-order valence-electron chi connectivity index (χ1n) is 6.64. The lowest BCUT2D eigenvalue weighted by Gasteiger charge is -2.12. The van der Waals surface area contributed by atoms with Crippen molar-refractivity contribution in [2.75, 3.05) is 6.61 Å². The number of nitrogens with zero attached hydrogens (tertiary/aromatic N) is 2. The van der Waals surface area contributed by atoms with Crippen molar-refractivity contribution >= 4 is 0 Å². The van der Waals surface area contributed by atoms with Crippen LogP contribution >= 0.6 is 0 Å². The van der Waals surface area contributed by atoms with Crippen LogP contribution in [0.3, 0.4) is 0 Å². The van der Waals surface area contributed by atoms with Crippen molar-refractivity contribution in [3.63, 3.8) is 0 Å². The number of rotatable bonds is 2. The van der Waals surface area contributed by atoms with Crippen LogP contribution in [0.4, 0.5) is 0 Å². The fraction of sp³-hybridized carbons (Fsp3) is 0.692. The van der Waals surface area contributed by atoms with Gasteiger partial charge in [-0.15, -0.1) is 0 Å². The first-order valence-corrected chi connectivity index (χ1v) is 6.64. The molecule has 1 aliphatic carbocycles. The van der Waals surface area contributed by atoms with E-state index < -0.39 is 0 Å². The van der Waals surface area contributed by atoms with Gasteiger partial charge in [-0.05, 0) is 25.7 Å². The summed E-state index contributed by atoms with van der Waals surface area (Å²) in [6.45, 7) is 2.71. The molecule has 3 heterocycles. The van der Waals surface area contributed by atoms with Crippen LogP contribution in [0.25, 0.3) is 0 Å². The molecule has 1 aromatic rings. The number of hydrogen-bond donors (Lipinski definition) is 1. The second kappa shape index (κ2) is 3.75. The molecule has 1 atom stereocenters. The first kappa shape index (κ1) is 9.97. The summed E-state index contributed by atoms with van der Waals surface area (Å²) < 4.78 is 5.71. The minimum absolute atomic E-state index is 0.151. The molecule has 4 heteroatoms. The zero-order chi connectivity index (χ0) is 11.2. The lowest BCUT2D eigenvalue weighted by Crippen LogP contribution is -2.09. The molecule has 0 spiro atoms. The normalized spacial score (nSPS) is 27.4. The van der Waals surface area contributed by atoms with Crippen molar-refractivity contribution in [1.29, 1.82) is 0 Å². The van der Waals surface area contributed by atoms with E-state index in [4.69, 9.17) is 14.7 Å². The molecule has 2 fully saturated rings. The molecule has 1 unspecified atom stereocenters. The largest absolute Gasteiger partial charge is 0.370 e. The van der Waals surface area contributed by atoms with Crippen LogP contribution in [0, 0.1) is 0 Å². The van der Waals surface area contributed by atoms with E-state index in [2.05, 4.69) is 5.32 Å². The highest BCUT2D eigenvalue weighted by molar-refractivity contribution is 5.34. The average Bonchev–Trinajstić information content (AvgIpc) is 2.88. The Morgan fingerprint density at radius 3 is 2.82 bits per heavy atom. The van der Waals surface area contributed by atoms with E-state index in [9.17, 15) is 0 Å². The van der Waals surface area contributed by atoms with Gasteiger partial charge in [-0.25, -0.2) is 9.97 Å². The molecule has 4 rings (SSSR count).